The highest BCUT2D eigenvalue weighted by Gasteiger charge is 2.67. The van der Waals surface area contributed by atoms with Crippen LogP contribution < -0.4 is 9.64 Å². The molecule has 1 spiro atoms. The monoisotopic (exact) mass is 583 g/mol. The van der Waals surface area contributed by atoms with Crippen molar-refractivity contribution in [1.82, 2.24) is 0 Å². The molecular weight excluding hydrogens is 559 g/mol. The zero-order valence-electron chi connectivity index (χ0n) is 20.6. The number of carboxylic acids is 1. The number of hydrogen-bond donors (Lipinski definition) is 1. The van der Waals surface area contributed by atoms with E-state index in [4.69, 9.17) is 9.84 Å². The topological polar surface area (TPSA) is 83.9 Å². The van der Waals surface area contributed by atoms with E-state index in [0.717, 1.165) is 36.1 Å². The number of carboxylic acid groups (broad SMARTS) is 1. The highest BCUT2D eigenvalue weighted by Crippen LogP contribution is 2.64. The molecule has 2 aromatic rings. The summed E-state index contributed by atoms with van der Waals surface area (Å²) in [5.74, 6) is -8.75. The van der Waals surface area contributed by atoms with Crippen LogP contribution in [0.15, 0.2) is 41.3 Å². The maximum absolute atomic E-state index is 15.9. The predicted octanol–water partition coefficient (Wildman–Crippen LogP) is 6.22. The molecule has 4 atom stereocenters. The third kappa shape index (κ3) is 5.52. The molecule has 2 aliphatic rings. The van der Waals surface area contributed by atoms with Crippen molar-refractivity contribution in [1.29, 1.82) is 0 Å². The third-order valence-electron chi connectivity index (χ3n) is 7.07. The summed E-state index contributed by atoms with van der Waals surface area (Å²) in [5, 5.41) is 9.05. The van der Waals surface area contributed by atoms with E-state index < -0.39 is 97.9 Å². The summed E-state index contributed by atoms with van der Waals surface area (Å²) in [6.45, 7) is 0.432. The predicted molar refractivity (Wildman–Crippen MR) is 125 cm³/mol. The van der Waals surface area contributed by atoms with E-state index in [1.807, 2.05) is 0 Å². The number of aliphatic carboxylic acids is 1. The van der Waals surface area contributed by atoms with E-state index in [1.165, 1.54) is 0 Å². The number of anilines is 2. The highest BCUT2D eigenvalue weighted by atomic mass is 32.2. The number of carbonyl (C=O) groups is 1. The number of fused-ring (bicyclic) bond motifs is 1. The van der Waals surface area contributed by atoms with Gasteiger partial charge in [-0.3, -0.25) is 4.79 Å². The Labute approximate surface area is 219 Å². The maximum Gasteiger partial charge on any atom is 0.420 e. The molecule has 2 aromatic carbocycles. The molecule has 1 aliphatic heterocycles. The molecule has 39 heavy (non-hydrogen) atoms. The van der Waals surface area contributed by atoms with Crippen molar-refractivity contribution in [3.8, 4) is 5.75 Å². The molecule has 1 N–H and O–H groups in total. The number of ether oxygens (including phenoxy) is 1. The van der Waals surface area contributed by atoms with E-state index in [9.17, 15) is 39.6 Å². The molecule has 0 radical (unpaired) electrons. The molecule has 1 saturated carbocycles. The Hall–Kier alpha value is -3.03. The molecule has 1 fully saturated rings. The van der Waals surface area contributed by atoms with Gasteiger partial charge in [-0.05, 0) is 56.5 Å². The number of halogens is 7. The van der Waals surface area contributed by atoms with Crippen LogP contribution in [-0.2, 0) is 20.8 Å². The van der Waals surface area contributed by atoms with Crippen molar-refractivity contribution >= 4 is 27.2 Å². The van der Waals surface area contributed by atoms with Crippen molar-refractivity contribution in [2.75, 3.05) is 18.1 Å². The Morgan fingerprint density at radius 1 is 1.18 bits per heavy atom. The Morgan fingerprint density at radius 3 is 2.33 bits per heavy atom. The first-order chi connectivity index (χ1) is 17.9. The Balaban J connectivity index is 1.93. The molecule has 0 aromatic heterocycles. The fraction of sp³-hybridized carbons (Fsp3) is 0.480. The van der Waals surface area contributed by atoms with E-state index in [2.05, 4.69) is 0 Å². The summed E-state index contributed by atoms with van der Waals surface area (Å²) < 4.78 is 132. The molecule has 0 amide bonds. The van der Waals surface area contributed by atoms with Crippen LogP contribution in [-0.4, -0.2) is 44.1 Å². The summed E-state index contributed by atoms with van der Waals surface area (Å²) in [7, 11) is -5.07. The quantitative estimate of drug-likeness (QED) is 0.390. The van der Waals surface area contributed by atoms with Crippen LogP contribution in [0.2, 0.25) is 0 Å². The Kier molecular flexibility index (Phi) is 7.10. The van der Waals surface area contributed by atoms with Crippen molar-refractivity contribution in [2.45, 2.75) is 49.2 Å². The normalized spacial score (nSPS) is 25.1. The lowest BCUT2D eigenvalue weighted by Gasteiger charge is -2.29. The zero-order chi connectivity index (χ0) is 29.1. The standard InChI is InChI=1S/C25H24F7NO5S/c1-13(21(34)35)11-38-19-8-20-18(7-17(19)25(30,31)32)33(16-5-3-15(26)4-6-16)12-24(22(27)39(20,36)37)10-14(24)9-23(2,28)29/h3-8,13-14,22H,9-12H2,1-2H3,(H,34,35)/t13-,14-,22-,24?/m1/s1. The fourth-order valence-corrected chi connectivity index (χ4v) is 6.85. The molecule has 1 unspecified atom stereocenters. The van der Waals surface area contributed by atoms with Crippen LogP contribution in [0.5, 0.6) is 5.75 Å². The lowest BCUT2D eigenvalue weighted by molar-refractivity contribution is -0.142. The third-order valence-corrected chi connectivity index (χ3v) is 9.03. The zero-order valence-corrected chi connectivity index (χ0v) is 21.4. The van der Waals surface area contributed by atoms with Crippen LogP contribution in [0.1, 0.15) is 32.3 Å². The molecule has 4 rings (SSSR count). The molecule has 0 bridgehead atoms. The Morgan fingerprint density at radius 2 is 1.79 bits per heavy atom. The Bertz CT molecular complexity index is 1370. The minimum atomic E-state index is -5.11. The van der Waals surface area contributed by atoms with Crippen molar-refractivity contribution in [3.63, 3.8) is 0 Å². The van der Waals surface area contributed by atoms with Gasteiger partial charge in [0.15, 0.2) is 0 Å². The van der Waals surface area contributed by atoms with Crippen LogP contribution >= 0.6 is 0 Å². The van der Waals surface area contributed by atoms with Gasteiger partial charge in [-0.1, -0.05) is 0 Å². The van der Waals surface area contributed by atoms with Gasteiger partial charge in [-0.2, -0.15) is 13.2 Å². The molecule has 6 nitrogen and oxygen atoms in total. The average molecular weight is 584 g/mol. The van der Waals surface area contributed by atoms with E-state index >= 15 is 4.39 Å². The molecule has 1 aliphatic carbocycles. The fourth-order valence-electron chi connectivity index (χ4n) is 4.92. The van der Waals surface area contributed by atoms with Crippen LogP contribution in [0.3, 0.4) is 0 Å². The number of hydrogen-bond acceptors (Lipinski definition) is 5. The highest BCUT2D eigenvalue weighted by molar-refractivity contribution is 7.92. The summed E-state index contributed by atoms with van der Waals surface area (Å²) in [4.78, 5) is 11.3. The number of sulfone groups is 1. The molecule has 1 heterocycles. The largest absolute Gasteiger partial charge is 0.492 e. The smallest absolute Gasteiger partial charge is 0.420 e. The lowest BCUT2D eigenvalue weighted by atomic mass is 9.99. The van der Waals surface area contributed by atoms with Crippen LogP contribution in [0.25, 0.3) is 0 Å². The maximum atomic E-state index is 15.9. The van der Waals surface area contributed by atoms with Gasteiger partial charge in [0.05, 0.1) is 22.1 Å². The lowest BCUT2D eigenvalue weighted by Crippen LogP contribution is -2.35. The molecule has 14 heteroatoms. The van der Waals surface area contributed by atoms with Crippen molar-refractivity contribution < 1.29 is 53.8 Å². The molecule has 0 saturated heterocycles. The van der Waals surface area contributed by atoms with Gasteiger partial charge in [0.1, 0.15) is 18.2 Å². The van der Waals surface area contributed by atoms with Crippen LogP contribution in [0.4, 0.5) is 42.1 Å². The van der Waals surface area contributed by atoms with E-state index in [-0.39, 0.29) is 12.1 Å². The minimum absolute atomic E-state index is 0.0107. The minimum Gasteiger partial charge on any atom is -0.492 e. The van der Waals surface area contributed by atoms with Gasteiger partial charge in [-0.15, -0.1) is 0 Å². The van der Waals surface area contributed by atoms with Gasteiger partial charge >= 0.3 is 12.1 Å². The van der Waals surface area contributed by atoms with E-state index in [0.29, 0.717) is 19.1 Å². The van der Waals surface area contributed by atoms with E-state index in [1.54, 1.807) is 0 Å². The van der Waals surface area contributed by atoms with Crippen molar-refractivity contribution in [3.05, 3.63) is 47.8 Å². The summed E-state index contributed by atoms with van der Waals surface area (Å²) in [6, 6.07) is 5.15. The van der Waals surface area contributed by atoms with Gasteiger partial charge in [0, 0.05) is 30.1 Å². The first kappa shape index (κ1) is 29.0. The first-order valence-corrected chi connectivity index (χ1v) is 13.3. The second-order valence-electron chi connectivity index (χ2n) is 10.2. The average Bonchev–Trinajstić information content (AvgIpc) is 3.51. The molecular formula is C25H24F7NO5S. The number of alkyl halides is 6. The number of benzene rings is 2. The number of rotatable bonds is 7. The van der Waals surface area contributed by atoms with Crippen LogP contribution in [0, 0.1) is 23.1 Å². The van der Waals surface area contributed by atoms with Gasteiger partial charge in [0.25, 0.3) is 0 Å². The SMILES string of the molecule is C[C@H](COc1cc2c(cc1C(F)(F)F)N(c1ccc(F)cc1)CC1(C[C@H]1CC(C)(F)F)[C@H](F)S2(=O)=O)C(=O)O. The van der Waals surface area contributed by atoms with Gasteiger partial charge in [0.2, 0.25) is 21.3 Å². The van der Waals surface area contributed by atoms with Gasteiger partial charge < -0.3 is 14.7 Å². The van der Waals surface area contributed by atoms with Crippen molar-refractivity contribution in [2.24, 2.45) is 17.3 Å². The summed E-state index contributed by atoms with van der Waals surface area (Å²) in [5.41, 5.74) is -6.66. The summed E-state index contributed by atoms with van der Waals surface area (Å²) in [6.07, 6.45) is -6.22. The summed E-state index contributed by atoms with van der Waals surface area (Å²) >= 11 is 0. The molecule has 214 valence electrons. The second-order valence-corrected chi connectivity index (χ2v) is 12.1. The number of nitrogens with zero attached hydrogens (tertiary/aromatic N) is 1. The second kappa shape index (κ2) is 9.56. The van der Waals surface area contributed by atoms with Gasteiger partial charge in [-0.25, -0.2) is 26.0 Å². The first-order valence-electron chi connectivity index (χ1n) is 11.8.